The lowest BCUT2D eigenvalue weighted by Crippen LogP contribution is -2.29. The van der Waals surface area contributed by atoms with Gasteiger partial charge in [0, 0.05) is 24.2 Å². The van der Waals surface area contributed by atoms with Crippen LogP contribution < -0.4 is 10.5 Å². The average molecular weight is 250 g/mol. The number of carbonyl (C=O) groups is 1. The van der Waals surface area contributed by atoms with Crippen LogP contribution in [0.3, 0.4) is 0 Å². The third-order valence-corrected chi connectivity index (χ3v) is 2.68. The summed E-state index contributed by atoms with van der Waals surface area (Å²) in [6.45, 7) is 7.88. The first-order chi connectivity index (χ1) is 8.40. The van der Waals surface area contributed by atoms with E-state index in [1.807, 2.05) is 27.7 Å². The van der Waals surface area contributed by atoms with Gasteiger partial charge in [0.15, 0.2) is 5.78 Å². The standard InChI is InChI=1S/C14H22N2O2/c1-9(2)13(15)6-14(17)11-5-12(8-16-7-11)18-10(3)4/h5,7-10,13H,6,15H2,1-4H3. The number of hydrogen-bond acceptors (Lipinski definition) is 4. The maximum Gasteiger partial charge on any atom is 0.166 e. The highest BCUT2D eigenvalue weighted by Gasteiger charge is 2.15. The lowest BCUT2D eigenvalue weighted by Gasteiger charge is -2.15. The fraction of sp³-hybridized carbons (Fsp3) is 0.571. The number of Topliss-reactive ketones (excluding diaryl/α,β-unsaturated/α-hetero) is 1. The van der Waals surface area contributed by atoms with Crippen molar-refractivity contribution >= 4 is 5.78 Å². The zero-order chi connectivity index (χ0) is 13.7. The Morgan fingerprint density at radius 2 is 2.00 bits per heavy atom. The SMILES string of the molecule is CC(C)Oc1cncc(C(=O)CC(N)C(C)C)c1. The molecule has 0 aromatic carbocycles. The summed E-state index contributed by atoms with van der Waals surface area (Å²) in [5.41, 5.74) is 6.46. The number of carbonyl (C=O) groups excluding carboxylic acids is 1. The van der Waals surface area contributed by atoms with Crippen LogP contribution in [0, 0.1) is 5.92 Å². The molecule has 1 aromatic heterocycles. The van der Waals surface area contributed by atoms with Crippen LogP contribution in [-0.4, -0.2) is 22.9 Å². The van der Waals surface area contributed by atoms with Gasteiger partial charge in [-0.15, -0.1) is 0 Å². The van der Waals surface area contributed by atoms with Crippen molar-refractivity contribution < 1.29 is 9.53 Å². The van der Waals surface area contributed by atoms with Gasteiger partial charge in [-0.3, -0.25) is 9.78 Å². The Morgan fingerprint density at radius 3 is 2.56 bits per heavy atom. The van der Waals surface area contributed by atoms with E-state index < -0.39 is 0 Å². The molecule has 0 bridgehead atoms. The van der Waals surface area contributed by atoms with E-state index in [0.717, 1.165) is 0 Å². The van der Waals surface area contributed by atoms with E-state index in [1.54, 1.807) is 18.5 Å². The summed E-state index contributed by atoms with van der Waals surface area (Å²) in [4.78, 5) is 16.0. The molecule has 0 aliphatic carbocycles. The predicted octanol–water partition coefficient (Wildman–Crippen LogP) is 2.42. The molecule has 0 saturated heterocycles. The molecular weight excluding hydrogens is 228 g/mol. The molecule has 0 spiro atoms. The molecule has 0 fully saturated rings. The van der Waals surface area contributed by atoms with Crippen molar-refractivity contribution in [2.45, 2.75) is 46.3 Å². The van der Waals surface area contributed by atoms with Gasteiger partial charge in [-0.25, -0.2) is 0 Å². The molecule has 100 valence electrons. The van der Waals surface area contributed by atoms with Crippen LogP contribution in [0.15, 0.2) is 18.5 Å². The minimum Gasteiger partial charge on any atom is -0.489 e. The number of pyridine rings is 1. The van der Waals surface area contributed by atoms with Gasteiger partial charge >= 0.3 is 0 Å². The summed E-state index contributed by atoms with van der Waals surface area (Å²) in [6.07, 6.45) is 3.57. The van der Waals surface area contributed by atoms with Crippen molar-refractivity contribution in [3.8, 4) is 5.75 Å². The van der Waals surface area contributed by atoms with Crippen LogP contribution >= 0.6 is 0 Å². The highest BCUT2D eigenvalue weighted by molar-refractivity contribution is 5.96. The fourth-order valence-electron chi connectivity index (χ4n) is 1.48. The van der Waals surface area contributed by atoms with Crippen molar-refractivity contribution in [3.63, 3.8) is 0 Å². The zero-order valence-corrected chi connectivity index (χ0v) is 11.5. The van der Waals surface area contributed by atoms with Gasteiger partial charge in [-0.2, -0.15) is 0 Å². The van der Waals surface area contributed by atoms with Crippen LogP contribution in [0.4, 0.5) is 0 Å². The molecule has 4 heteroatoms. The largest absolute Gasteiger partial charge is 0.489 e. The number of aromatic nitrogens is 1. The van der Waals surface area contributed by atoms with Gasteiger partial charge in [-0.1, -0.05) is 13.8 Å². The fourth-order valence-corrected chi connectivity index (χ4v) is 1.48. The Balaban J connectivity index is 2.74. The van der Waals surface area contributed by atoms with Crippen molar-refractivity contribution in [1.29, 1.82) is 0 Å². The molecule has 1 aromatic rings. The van der Waals surface area contributed by atoms with Gasteiger partial charge in [0.2, 0.25) is 0 Å². The third-order valence-electron chi connectivity index (χ3n) is 2.68. The van der Waals surface area contributed by atoms with Gasteiger partial charge in [0.25, 0.3) is 0 Å². The highest BCUT2D eigenvalue weighted by Crippen LogP contribution is 2.15. The first kappa shape index (κ1) is 14.6. The number of rotatable bonds is 6. The number of ketones is 1. The van der Waals surface area contributed by atoms with Gasteiger partial charge in [0.1, 0.15) is 5.75 Å². The van der Waals surface area contributed by atoms with Crippen molar-refractivity contribution in [3.05, 3.63) is 24.0 Å². The van der Waals surface area contributed by atoms with E-state index in [-0.39, 0.29) is 23.8 Å². The second-order valence-corrected chi connectivity index (χ2v) is 5.11. The van der Waals surface area contributed by atoms with Gasteiger partial charge in [0.05, 0.1) is 12.3 Å². The quantitative estimate of drug-likeness (QED) is 0.787. The molecule has 0 aliphatic rings. The second kappa shape index (κ2) is 6.50. The Morgan fingerprint density at radius 1 is 1.33 bits per heavy atom. The molecule has 2 N–H and O–H groups in total. The monoisotopic (exact) mass is 250 g/mol. The smallest absolute Gasteiger partial charge is 0.166 e. The molecule has 0 aliphatic heterocycles. The Kier molecular flexibility index (Phi) is 5.28. The summed E-state index contributed by atoms with van der Waals surface area (Å²) < 4.78 is 5.51. The summed E-state index contributed by atoms with van der Waals surface area (Å²) in [7, 11) is 0. The minimum absolute atomic E-state index is 0.0120. The van der Waals surface area contributed by atoms with Gasteiger partial charge in [-0.05, 0) is 25.8 Å². The van der Waals surface area contributed by atoms with Crippen LogP contribution in [0.25, 0.3) is 0 Å². The third kappa shape index (κ3) is 4.45. The first-order valence-corrected chi connectivity index (χ1v) is 6.30. The Bertz CT molecular complexity index is 403. The van der Waals surface area contributed by atoms with E-state index in [1.165, 1.54) is 0 Å². The number of ether oxygens (including phenoxy) is 1. The summed E-state index contributed by atoms with van der Waals surface area (Å²) in [6, 6.07) is 1.61. The van der Waals surface area contributed by atoms with Crippen LogP contribution in [0.5, 0.6) is 5.75 Å². The zero-order valence-electron chi connectivity index (χ0n) is 11.5. The molecular formula is C14H22N2O2. The van der Waals surface area contributed by atoms with Crippen LogP contribution in [0.2, 0.25) is 0 Å². The molecule has 0 radical (unpaired) electrons. The Hall–Kier alpha value is -1.42. The van der Waals surface area contributed by atoms with Crippen LogP contribution in [0.1, 0.15) is 44.5 Å². The molecule has 4 nitrogen and oxygen atoms in total. The van der Waals surface area contributed by atoms with Crippen molar-refractivity contribution in [2.24, 2.45) is 11.7 Å². The highest BCUT2D eigenvalue weighted by atomic mass is 16.5. The van der Waals surface area contributed by atoms with Crippen molar-refractivity contribution in [2.75, 3.05) is 0 Å². The predicted molar refractivity (Wildman–Crippen MR) is 71.8 cm³/mol. The maximum absolute atomic E-state index is 12.0. The van der Waals surface area contributed by atoms with E-state index in [0.29, 0.717) is 17.7 Å². The lowest BCUT2D eigenvalue weighted by molar-refractivity contribution is 0.0966. The normalized spacial score (nSPS) is 12.8. The number of hydrogen-bond donors (Lipinski definition) is 1. The average Bonchev–Trinajstić information content (AvgIpc) is 2.28. The molecule has 1 heterocycles. The van der Waals surface area contributed by atoms with E-state index in [2.05, 4.69) is 4.98 Å². The molecule has 0 amide bonds. The van der Waals surface area contributed by atoms with E-state index >= 15 is 0 Å². The lowest BCUT2D eigenvalue weighted by atomic mass is 9.97. The molecule has 0 saturated carbocycles. The summed E-state index contributed by atoms with van der Waals surface area (Å²) >= 11 is 0. The van der Waals surface area contributed by atoms with Crippen molar-refractivity contribution in [1.82, 2.24) is 4.98 Å². The number of nitrogens with two attached hydrogens (primary N) is 1. The Labute approximate surface area is 109 Å². The van der Waals surface area contributed by atoms with E-state index in [4.69, 9.17) is 10.5 Å². The summed E-state index contributed by atoms with van der Waals surface area (Å²) in [5, 5.41) is 0. The topological polar surface area (TPSA) is 65.2 Å². The molecule has 1 unspecified atom stereocenters. The minimum atomic E-state index is -0.118. The molecule has 1 atom stereocenters. The first-order valence-electron chi connectivity index (χ1n) is 6.30. The molecule has 1 rings (SSSR count). The van der Waals surface area contributed by atoms with Gasteiger partial charge < -0.3 is 10.5 Å². The van der Waals surface area contributed by atoms with E-state index in [9.17, 15) is 4.79 Å². The maximum atomic E-state index is 12.0. The molecule has 18 heavy (non-hydrogen) atoms. The van der Waals surface area contributed by atoms with Crippen LogP contribution in [-0.2, 0) is 0 Å². The number of nitrogens with zero attached hydrogens (tertiary/aromatic N) is 1. The summed E-state index contributed by atoms with van der Waals surface area (Å²) in [5.74, 6) is 0.920. The second-order valence-electron chi connectivity index (χ2n) is 5.11.